The molecule has 124 valence electrons. The van der Waals surface area contributed by atoms with Gasteiger partial charge in [0.2, 0.25) is 0 Å². The number of aromatic carboxylic acids is 1. The lowest BCUT2D eigenvalue weighted by Gasteiger charge is -1.99. The van der Waals surface area contributed by atoms with Gasteiger partial charge in [0, 0.05) is 17.0 Å². The highest BCUT2D eigenvalue weighted by Crippen LogP contribution is 2.14. The molecule has 0 saturated heterocycles. The first kappa shape index (κ1) is 16.6. The molecule has 4 heteroatoms. The van der Waals surface area contributed by atoms with E-state index in [1.807, 2.05) is 43.5 Å². The molecule has 4 aromatic rings. The molecule has 0 amide bonds. The Kier molecular flexibility index (Phi) is 4.70. The summed E-state index contributed by atoms with van der Waals surface area (Å²) in [5.74, 6) is -0.993. The van der Waals surface area contributed by atoms with Crippen LogP contribution in [0.3, 0.4) is 0 Å². The van der Waals surface area contributed by atoms with Crippen LogP contribution in [0.2, 0.25) is 0 Å². The molecule has 1 N–H and O–H groups in total. The molecule has 0 aliphatic heterocycles. The third-order valence-corrected chi connectivity index (χ3v) is 3.82. The van der Waals surface area contributed by atoms with Gasteiger partial charge in [-0.05, 0) is 50.2 Å². The maximum Gasteiger partial charge on any atom is 0.354 e. The quantitative estimate of drug-likeness (QED) is 0.545. The van der Waals surface area contributed by atoms with Gasteiger partial charge in [-0.1, -0.05) is 35.4 Å². The van der Waals surface area contributed by atoms with E-state index >= 15 is 0 Å². The topological polar surface area (TPSA) is 63.1 Å². The number of rotatable bonds is 1. The van der Waals surface area contributed by atoms with Crippen LogP contribution in [-0.2, 0) is 0 Å². The van der Waals surface area contributed by atoms with Crippen molar-refractivity contribution in [2.24, 2.45) is 0 Å². The van der Waals surface area contributed by atoms with Crippen molar-refractivity contribution < 1.29 is 9.90 Å². The van der Waals surface area contributed by atoms with Gasteiger partial charge in [0.25, 0.3) is 0 Å². The molecule has 0 fully saturated rings. The van der Waals surface area contributed by atoms with E-state index in [0.29, 0.717) is 0 Å². The van der Waals surface area contributed by atoms with Crippen molar-refractivity contribution >= 4 is 27.8 Å². The Morgan fingerprint density at radius 3 is 2.16 bits per heavy atom. The molecule has 4 nitrogen and oxygen atoms in total. The highest BCUT2D eigenvalue weighted by Gasteiger charge is 2.04. The maximum absolute atomic E-state index is 10.6. The first-order valence-corrected chi connectivity index (χ1v) is 7.95. The number of fused-ring (bicyclic) bond motifs is 2. The summed E-state index contributed by atoms with van der Waals surface area (Å²) < 4.78 is 0. The van der Waals surface area contributed by atoms with Gasteiger partial charge >= 0.3 is 5.97 Å². The number of hydrogen-bond acceptors (Lipinski definition) is 3. The van der Waals surface area contributed by atoms with E-state index in [9.17, 15) is 4.79 Å². The highest BCUT2D eigenvalue weighted by molar-refractivity contribution is 5.89. The van der Waals surface area contributed by atoms with E-state index in [0.717, 1.165) is 22.0 Å². The second kappa shape index (κ2) is 7.09. The molecule has 0 aliphatic rings. The monoisotopic (exact) mass is 330 g/mol. The predicted octanol–water partition coefficient (Wildman–Crippen LogP) is 4.78. The number of pyridine rings is 2. The smallest absolute Gasteiger partial charge is 0.354 e. The fourth-order valence-electron chi connectivity index (χ4n) is 2.56. The summed E-state index contributed by atoms with van der Waals surface area (Å²) in [7, 11) is 0. The SMILES string of the molecule is Cc1ccc2nc(C(=O)O)ccc2c1.Cc1ccc2ncccc2c1. The molecule has 2 aromatic carbocycles. The van der Waals surface area contributed by atoms with E-state index in [1.54, 1.807) is 6.07 Å². The van der Waals surface area contributed by atoms with Gasteiger partial charge in [-0.15, -0.1) is 0 Å². The van der Waals surface area contributed by atoms with E-state index in [4.69, 9.17) is 5.11 Å². The summed E-state index contributed by atoms with van der Waals surface area (Å²) in [6, 6.07) is 19.3. The molecular weight excluding hydrogens is 312 g/mol. The fraction of sp³-hybridized carbons (Fsp3) is 0.0952. The third kappa shape index (κ3) is 3.98. The Bertz CT molecular complexity index is 1060. The van der Waals surface area contributed by atoms with E-state index in [-0.39, 0.29) is 5.69 Å². The van der Waals surface area contributed by atoms with E-state index in [1.165, 1.54) is 17.0 Å². The summed E-state index contributed by atoms with van der Waals surface area (Å²) in [4.78, 5) is 18.9. The van der Waals surface area contributed by atoms with Crippen molar-refractivity contribution in [3.05, 3.63) is 83.7 Å². The minimum atomic E-state index is -0.993. The largest absolute Gasteiger partial charge is 0.477 e. The molecule has 2 heterocycles. The van der Waals surface area contributed by atoms with Crippen molar-refractivity contribution in [3.63, 3.8) is 0 Å². The predicted molar refractivity (Wildman–Crippen MR) is 99.9 cm³/mol. The number of nitrogens with zero attached hydrogens (tertiary/aromatic N) is 2. The molecule has 4 rings (SSSR count). The zero-order chi connectivity index (χ0) is 17.8. The number of aromatic nitrogens is 2. The van der Waals surface area contributed by atoms with Gasteiger partial charge in [-0.2, -0.15) is 0 Å². The van der Waals surface area contributed by atoms with Gasteiger partial charge in [-0.25, -0.2) is 9.78 Å². The van der Waals surface area contributed by atoms with Crippen molar-refractivity contribution in [1.29, 1.82) is 0 Å². The lowest BCUT2D eigenvalue weighted by Crippen LogP contribution is -1.99. The number of carbonyl (C=O) groups is 1. The maximum atomic E-state index is 10.6. The van der Waals surface area contributed by atoms with Crippen LogP contribution >= 0.6 is 0 Å². The second-order valence-corrected chi connectivity index (χ2v) is 5.90. The lowest BCUT2D eigenvalue weighted by atomic mass is 10.1. The van der Waals surface area contributed by atoms with Crippen LogP contribution in [0.25, 0.3) is 21.8 Å². The Morgan fingerprint density at radius 2 is 1.48 bits per heavy atom. The first-order chi connectivity index (χ1) is 12.0. The van der Waals surface area contributed by atoms with Gasteiger partial charge in [0.05, 0.1) is 11.0 Å². The third-order valence-electron chi connectivity index (χ3n) is 3.82. The van der Waals surface area contributed by atoms with Crippen molar-refractivity contribution in [3.8, 4) is 0 Å². The minimum Gasteiger partial charge on any atom is -0.477 e. The Hall–Kier alpha value is -3.27. The molecule has 2 aromatic heterocycles. The normalized spacial score (nSPS) is 10.3. The first-order valence-electron chi connectivity index (χ1n) is 7.95. The summed E-state index contributed by atoms with van der Waals surface area (Å²) in [5, 5.41) is 10.9. The number of carboxylic acid groups (broad SMARTS) is 1. The van der Waals surface area contributed by atoms with Crippen molar-refractivity contribution in [2.75, 3.05) is 0 Å². The molecule has 0 bridgehead atoms. The molecule has 0 atom stereocenters. The minimum absolute atomic E-state index is 0.0846. The van der Waals surface area contributed by atoms with E-state index < -0.39 is 5.97 Å². The Morgan fingerprint density at radius 1 is 0.840 bits per heavy atom. The molecule has 0 saturated carbocycles. The van der Waals surface area contributed by atoms with Crippen LogP contribution in [0.4, 0.5) is 0 Å². The second-order valence-electron chi connectivity index (χ2n) is 5.90. The van der Waals surface area contributed by atoms with E-state index in [2.05, 4.69) is 35.1 Å². The average molecular weight is 330 g/mol. The Labute approximate surface area is 145 Å². The number of aryl methyl sites for hydroxylation is 2. The summed E-state index contributed by atoms with van der Waals surface area (Å²) in [5.41, 5.74) is 4.29. The van der Waals surface area contributed by atoms with Crippen molar-refractivity contribution in [1.82, 2.24) is 9.97 Å². The summed E-state index contributed by atoms with van der Waals surface area (Å²) in [6.07, 6.45) is 1.82. The lowest BCUT2D eigenvalue weighted by molar-refractivity contribution is 0.0691. The number of carboxylic acids is 1. The summed E-state index contributed by atoms with van der Waals surface area (Å²) >= 11 is 0. The molecule has 0 unspecified atom stereocenters. The molecule has 25 heavy (non-hydrogen) atoms. The van der Waals surface area contributed by atoms with Gasteiger partial charge < -0.3 is 5.11 Å². The number of hydrogen-bond donors (Lipinski definition) is 1. The summed E-state index contributed by atoms with van der Waals surface area (Å²) in [6.45, 7) is 4.08. The highest BCUT2D eigenvalue weighted by atomic mass is 16.4. The fourth-order valence-corrected chi connectivity index (χ4v) is 2.56. The molecular formula is C21H18N2O2. The molecule has 0 radical (unpaired) electrons. The van der Waals surface area contributed by atoms with Gasteiger partial charge in [-0.3, -0.25) is 4.98 Å². The van der Waals surface area contributed by atoms with Gasteiger partial charge in [0.15, 0.2) is 0 Å². The van der Waals surface area contributed by atoms with Crippen LogP contribution in [0.5, 0.6) is 0 Å². The Balaban J connectivity index is 0.000000150. The zero-order valence-corrected chi connectivity index (χ0v) is 14.1. The van der Waals surface area contributed by atoms with Crippen LogP contribution in [0.1, 0.15) is 21.6 Å². The van der Waals surface area contributed by atoms with Crippen LogP contribution < -0.4 is 0 Å². The van der Waals surface area contributed by atoms with Gasteiger partial charge in [0.1, 0.15) is 5.69 Å². The molecule has 0 aliphatic carbocycles. The molecule has 0 spiro atoms. The van der Waals surface area contributed by atoms with Crippen LogP contribution in [0, 0.1) is 13.8 Å². The average Bonchev–Trinajstić information content (AvgIpc) is 2.61. The van der Waals surface area contributed by atoms with Crippen molar-refractivity contribution in [2.45, 2.75) is 13.8 Å². The zero-order valence-electron chi connectivity index (χ0n) is 14.1. The standard InChI is InChI=1S/C11H9NO2.C10H9N/c1-7-2-4-9-8(6-7)3-5-10(12-9)11(13)14;1-8-4-5-10-9(7-8)3-2-6-11-10/h2-6H,1H3,(H,13,14);2-7H,1H3. The number of benzene rings is 2. The van der Waals surface area contributed by atoms with Crippen LogP contribution in [0.15, 0.2) is 66.9 Å². The van der Waals surface area contributed by atoms with Crippen LogP contribution in [-0.4, -0.2) is 21.0 Å².